The molecule has 0 bridgehead atoms. The van der Waals surface area contributed by atoms with Crippen LogP contribution in [0.2, 0.25) is 0 Å². The van der Waals surface area contributed by atoms with Crippen LogP contribution in [0.25, 0.3) is 0 Å². The molecule has 0 aliphatic carbocycles. The van der Waals surface area contributed by atoms with Crippen LogP contribution < -0.4 is 0 Å². The van der Waals surface area contributed by atoms with Gasteiger partial charge in [-0.1, -0.05) is 0 Å². The fourth-order valence-corrected chi connectivity index (χ4v) is 1.04. The van der Waals surface area contributed by atoms with Crippen molar-refractivity contribution in [3.8, 4) is 0 Å². The summed E-state index contributed by atoms with van der Waals surface area (Å²) in [6.45, 7) is 5.91. The number of hydrogen-bond donors (Lipinski definition) is 0. The predicted octanol–water partition coefficient (Wildman–Crippen LogP) is 0.885. The molecule has 2 unspecified atom stereocenters. The molecule has 3 heteroatoms. The van der Waals surface area contributed by atoms with E-state index in [9.17, 15) is 0 Å². The molecular formula is C7H14NOY-. The molecule has 1 rings (SSSR count). The van der Waals surface area contributed by atoms with Crippen LogP contribution in [0, 0.1) is 7.05 Å². The van der Waals surface area contributed by atoms with Crippen molar-refractivity contribution in [2.45, 2.75) is 25.9 Å². The Labute approximate surface area is 88.2 Å². The average Bonchev–Trinajstić information content (AvgIpc) is 1.83. The predicted molar refractivity (Wildman–Crippen MR) is 36.9 cm³/mol. The van der Waals surface area contributed by atoms with Crippen molar-refractivity contribution in [1.82, 2.24) is 4.90 Å². The van der Waals surface area contributed by atoms with E-state index in [2.05, 4.69) is 25.8 Å². The summed E-state index contributed by atoms with van der Waals surface area (Å²) in [5, 5.41) is 0. The standard InChI is InChI=1S/C7H14NO.Y/c1-6-4-9-5-7(2)8(6)3;/h6-7H,3-5H2,1-2H3;/q-1;. The van der Waals surface area contributed by atoms with Gasteiger partial charge in [0.25, 0.3) is 0 Å². The summed E-state index contributed by atoms with van der Waals surface area (Å²) in [6, 6.07) is 0.961. The second kappa shape index (κ2) is 4.81. The summed E-state index contributed by atoms with van der Waals surface area (Å²) in [5.41, 5.74) is 0. The van der Waals surface area contributed by atoms with Crippen LogP contribution in [0.4, 0.5) is 0 Å². The third-order valence-corrected chi connectivity index (χ3v) is 1.85. The van der Waals surface area contributed by atoms with Gasteiger partial charge in [-0.2, -0.15) is 0 Å². The molecule has 2 atom stereocenters. The van der Waals surface area contributed by atoms with Gasteiger partial charge in [-0.15, -0.1) is 0 Å². The van der Waals surface area contributed by atoms with Crippen molar-refractivity contribution in [2.24, 2.45) is 0 Å². The van der Waals surface area contributed by atoms with Crippen LogP contribution in [0.1, 0.15) is 13.8 Å². The number of ether oxygens (including phenoxy) is 1. The molecule has 10 heavy (non-hydrogen) atoms. The smallest absolute Gasteiger partial charge is 0.0596 e. The molecule has 0 N–H and O–H groups in total. The average molecular weight is 217 g/mol. The first-order chi connectivity index (χ1) is 4.22. The third kappa shape index (κ3) is 2.57. The first-order valence-electron chi connectivity index (χ1n) is 3.38. The summed E-state index contributed by atoms with van der Waals surface area (Å²) >= 11 is 0. The van der Waals surface area contributed by atoms with E-state index < -0.39 is 0 Å². The quantitative estimate of drug-likeness (QED) is 0.558. The van der Waals surface area contributed by atoms with Crippen LogP contribution in [0.15, 0.2) is 0 Å². The molecule has 1 aliphatic heterocycles. The van der Waals surface area contributed by atoms with Crippen LogP contribution in [0.3, 0.4) is 0 Å². The van der Waals surface area contributed by atoms with Gasteiger partial charge in [0.1, 0.15) is 0 Å². The summed E-state index contributed by atoms with van der Waals surface area (Å²) in [5.74, 6) is 0. The van der Waals surface area contributed by atoms with Gasteiger partial charge < -0.3 is 9.64 Å². The van der Waals surface area contributed by atoms with E-state index >= 15 is 0 Å². The Morgan fingerprint density at radius 1 is 1.30 bits per heavy atom. The Hall–Kier alpha value is 1.02. The van der Waals surface area contributed by atoms with Gasteiger partial charge in [-0.05, 0) is 13.8 Å². The molecule has 1 heterocycles. The molecule has 1 saturated heterocycles. The molecule has 1 aliphatic rings. The van der Waals surface area contributed by atoms with Crippen molar-refractivity contribution < 1.29 is 37.4 Å². The van der Waals surface area contributed by atoms with Crippen molar-refractivity contribution >= 4 is 0 Å². The number of nitrogens with zero attached hydrogens (tertiary/aromatic N) is 1. The molecule has 0 aromatic heterocycles. The first kappa shape index (κ1) is 11.0. The zero-order valence-corrected chi connectivity index (χ0v) is 9.55. The maximum atomic E-state index is 5.28. The number of morpholine rings is 1. The van der Waals surface area contributed by atoms with Gasteiger partial charge in [0.2, 0.25) is 0 Å². The Morgan fingerprint density at radius 2 is 1.70 bits per heavy atom. The van der Waals surface area contributed by atoms with Gasteiger partial charge in [-0.3, -0.25) is 7.05 Å². The molecule has 0 amide bonds. The second-order valence-electron chi connectivity index (χ2n) is 2.75. The minimum absolute atomic E-state index is 0. The Bertz CT molecular complexity index is 89.6. The molecule has 2 nitrogen and oxygen atoms in total. The normalized spacial score (nSPS) is 35.1. The van der Waals surface area contributed by atoms with Crippen LogP contribution in [-0.4, -0.2) is 30.2 Å². The molecule has 0 spiro atoms. The molecule has 0 aromatic rings. The van der Waals surface area contributed by atoms with Crippen molar-refractivity contribution in [3.05, 3.63) is 7.05 Å². The largest absolute Gasteiger partial charge is 0.451 e. The van der Waals surface area contributed by atoms with Crippen LogP contribution in [-0.2, 0) is 37.4 Å². The van der Waals surface area contributed by atoms with Gasteiger partial charge in [0, 0.05) is 44.8 Å². The number of hydrogen-bond acceptors (Lipinski definition) is 2. The SMILES string of the molecule is [CH2-]N1C(C)COCC1C.[Y]. The van der Waals surface area contributed by atoms with Crippen molar-refractivity contribution in [2.75, 3.05) is 13.2 Å². The van der Waals surface area contributed by atoms with Crippen LogP contribution in [0.5, 0.6) is 0 Å². The Morgan fingerprint density at radius 3 is 2.00 bits per heavy atom. The maximum Gasteiger partial charge on any atom is 0.0596 e. The molecule has 0 aromatic carbocycles. The fourth-order valence-electron chi connectivity index (χ4n) is 1.04. The Balaban J connectivity index is 0.000000810. The van der Waals surface area contributed by atoms with Crippen LogP contribution >= 0.6 is 0 Å². The monoisotopic (exact) mass is 217 g/mol. The minimum Gasteiger partial charge on any atom is -0.451 e. The summed E-state index contributed by atoms with van der Waals surface area (Å²) < 4.78 is 5.28. The number of rotatable bonds is 0. The fraction of sp³-hybridized carbons (Fsp3) is 0.857. The van der Waals surface area contributed by atoms with E-state index in [1.54, 1.807) is 0 Å². The molecular weight excluding hydrogens is 203 g/mol. The summed E-state index contributed by atoms with van der Waals surface area (Å²) in [6.07, 6.45) is 0. The van der Waals surface area contributed by atoms with E-state index in [1.807, 2.05) is 0 Å². The van der Waals surface area contributed by atoms with Gasteiger partial charge >= 0.3 is 0 Å². The van der Waals surface area contributed by atoms with E-state index in [0.717, 1.165) is 13.2 Å². The van der Waals surface area contributed by atoms with E-state index in [0.29, 0.717) is 12.1 Å². The minimum atomic E-state index is 0. The van der Waals surface area contributed by atoms with Crippen molar-refractivity contribution in [3.63, 3.8) is 0 Å². The van der Waals surface area contributed by atoms with E-state index in [1.165, 1.54) is 0 Å². The van der Waals surface area contributed by atoms with Gasteiger partial charge in [-0.25, -0.2) is 0 Å². The first-order valence-corrected chi connectivity index (χ1v) is 3.38. The van der Waals surface area contributed by atoms with Crippen molar-refractivity contribution in [1.29, 1.82) is 0 Å². The third-order valence-electron chi connectivity index (χ3n) is 1.85. The zero-order chi connectivity index (χ0) is 6.85. The summed E-state index contributed by atoms with van der Waals surface area (Å²) in [7, 11) is 3.91. The van der Waals surface area contributed by atoms with Gasteiger partial charge in [0.15, 0.2) is 0 Å². The topological polar surface area (TPSA) is 12.5 Å². The van der Waals surface area contributed by atoms with Gasteiger partial charge in [0.05, 0.1) is 13.2 Å². The van der Waals surface area contributed by atoms with E-state index in [-0.39, 0.29) is 32.7 Å². The Kier molecular flexibility index (Phi) is 5.30. The molecule has 1 radical (unpaired) electrons. The maximum absolute atomic E-state index is 5.28. The molecule has 1 fully saturated rings. The molecule has 0 saturated carbocycles. The molecule has 57 valence electrons. The van der Waals surface area contributed by atoms with E-state index in [4.69, 9.17) is 4.74 Å². The zero-order valence-electron chi connectivity index (χ0n) is 6.71. The second-order valence-corrected chi connectivity index (χ2v) is 2.75. The summed E-state index contributed by atoms with van der Waals surface area (Å²) in [4.78, 5) is 2.10.